The van der Waals surface area contributed by atoms with Gasteiger partial charge in [0.05, 0.1) is 18.8 Å². The molecule has 0 radical (unpaired) electrons. The molecule has 22 heavy (non-hydrogen) atoms. The molecule has 7 nitrogen and oxygen atoms in total. The smallest absolute Gasteiger partial charge is 0.251 e. The number of ether oxygens (including phenoxy) is 3. The molecule has 120 valence electrons. The predicted octanol–water partition coefficient (Wildman–Crippen LogP) is -0.0982. The van der Waals surface area contributed by atoms with Gasteiger partial charge >= 0.3 is 0 Å². The van der Waals surface area contributed by atoms with Crippen LogP contribution in [0.4, 0.5) is 0 Å². The van der Waals surface area contributed by atoms with E-state index < -0.39 is 18.2 Å². The number of carbonyl (C=O) groups is 1. The number of amides is 1. The zero-order chi connectivity index (χ0) is 15.7. The Balaban J connectivity index is 1.67. The largest absolute Gasteiger partial charge is 0.454 e. The SMILES string of the molecule is COCC1CC(NC(=O)c2ccc3c(c2)OCO3)C(O)C1O. The van der Waals surface area contributed by atoms with E-state index in [0.717, 1.165) is 0 Å². The van der Waals surface area contributed by atoms with Gasteiger partial charge in [0, 0.05) is 18.6 Å². The molecule has 1 aliphatic carbocycles. The summed E-state index contributed by atoms with van der Waals surface area (Å²) in [5.74, 6) is 0.611. The Hall–Kier alpha value is -1.83. The van der Waals surface area contributed by atoms with Gasteiger partial charge in [-0.15, -0.1) is 0 Å². The number of carbonyl (C=O) groups excluding carboxylic acids is 1. The molecule has 1 aliphatic heterocycles. The van der Waals surface area contributed by atoms with E-state index in [1.165, 1.54) is 7.11 Å². The highest BCUT2D eigenvalue weighted by atomic mass is 16.7. The second-order valence-corrected chi connectivity index (χ2v) is 5.58. The Morgan fingerprint density at radius 1 is 1.32 bits per heavy atom. The summed E-state index contributed by atoms with van der Waals surface area (Å²) >= 11 is 0. The highest BCUT2D eigenvalue weighted by Gasteiger charge is 2.42. The van der Waals surface area contributed by atoms with Crippen molar-refractivity contribution in [3.8, 4) is 11.5 Å². The van der Waals surface area contributed by atoms with Crippen molar-refractivity contribution >= 4 is 5.91 Å². The van der Waals surface area contributed by atoms with Crippen molar-refractivity contribution in [2.24, 2.45) is 5.92 Å². The Morgan fingerprint density at radius 2 is 2.09 bits per heavy atom. The van der Waals surface area contributed by atoms with E-state index in [4.69, 9.17) is 14.2 Å². The molecule has 1 heterocycles. The lowest BCUT2D eigenvalue weighted by Crippen LogP contribution is -2.43. The van der Waals surface area contributed by atoms with E-state index in [1.807, 2.05) is 0 Å². The average molecular weight is 309 g/mol. The van der Waals surface area contributed by atoms with Gasteiger partial charge in [-0.1, -0.05) is 0 Å². The molecule has 7 heteroatoms. The van der Waals surface area contributed by atoms with Crippen LogP contribution in [-0.4, -0.2) is 54.9 Å². The summed E-state index contributed by atoms with van der Waals surface area (Å²) in [6.45, 7) is 0.487. The molecule has 4 atom stereocenters. The van der Waals surface area contributed by atoms with Gasteiger partial charge in [0.15, 0.2) is 11.5 Å². The van der Waals surface area contributed by atoms with Gasteiger partial charge in [-0.05, 0) is 24.6 Å². The van der Waals surface area contributed by atoms with Crippen LogP contribution in [0.5, 0.6) is 11.5 Å². The Morgan fingerprint density at radius 3 is 2.86 bits per heavy atom. The molecule has 1 saturated carbocycles. The fraction of sp³-hybridized carbons (Fsp3) is 0.533. The number of hydrogen-bond acceptors (Lipinski definition) is 6. The molecule has 0 aromatic heterocycles. The van der Waals surface area contributed by atoms with E-state index in [2.05, 4.69) is 5.32 Å². The molecule has 1 fully saturated rings. The third kappa shape index (κ3) is 2.75. The number of hydrogen-bond donors (Lipinski definition) is 3. The summed E-state index contributed by atoms with van der Waals surface area (Å²) in [7, 11) is 1.54. The van der Waals surface area contributed by atoms with Crippen molar-refractivity contribution in [1.29, 1.82) is 0 Å². The van der Waals surface area contributed by atoms with Crippen LogP contribution >= 0.6 is 0 Å². The van der Waals surface area contributed by atoms with Crippen molar-refractivity contribution in [3.05, 3.63) is 23.8 Å². The zero-order valence-corrected chi connectivity index (χ0v) is 12.2. The molecule has 1 aromatic carbocycles. The molecule has 0 spiro atoms. The quantitative estimate of drug-likeness (QED) is 0.719. The number of methoxy groups -OCH3 is 1. The first kappa shape index (κ1) is 15.1. The van der Waals surface area contributed by atoms with Crippen molar-refractivity contribution in [2.75, 3.05) is 20.5 Å². The van der Waals surface area contributed by atoms with Crippen molar-refractivity contribution in [3.63, 3.8) is 0 Å². The second-order valence-electron chi connectivity index (χ2n) is 5.58. The maximum atomic E-state index is 12.3. The van der Waals surface area contributed by atoms with E-state index in [-0.39, 0.29) is 18.6 Å². The van der Waals surface area contributed by atoms with Crippen LogP contribution in [0.3, 0.4) is 0 Å². The summed E-state index contributed by atoms with van der Waals surface area (Å²) in [6.07, 6.45) is -1.44. The minimum Gasteiger partial charge on any atom is -0.454 e. The first-order valence-corrected chi connectivity index (χ1v) is 7.15. The Bertz CT molecular complexity index is 563. The highest BCUT2D eigenvalue weighted by Crippen LogP contribution is 2.33. The van der Waals surface area contributed by atoms with Crippen LogP contribution < -0.4 is 14.8 Å². The molecule has 3 N–H and O–H groups in total. The van der Waals surface area contributed by atoms with Gasteiger partial charge in [-0.3, -0.25) is 4.79 Å². The molecule has 0 saturated heterocycles. The number of nitrogens with one attached hydrogen (secondary N) is 1. The lowest BCUT2D eigenvalue weighted by atomic mass is 10.1. The van der Waals surface area contributed by atoms with Gasteiger partial charge in [-0.2, -0.15) is 0 Å². The highest BCUT2D eigenvalue weighted by molar-refractivity contribution is 5.95. The summed E-state index contributed by atoms with van der Waals surface area (Å²) < 4.78 is 15.5. The Kier molecular flexibility index (Phi) is 4.19. The van der Waals surface area contributed by atoms with Crippen LogP contribution in [-0.2, 0) is 4.74 Å². The van der Waals surface area contributed by atoms with E-state index in [1.54, 1.807) is 18.2 Å². The maximum Gasteiger partial charge on any atom is 0.251 e. The lowest BCUT2D eigenvalue weighted by molar-refractivity contribution is -0.00552. The molecule has 3 rings (SSSR count). The fourth-order valence-electron chi connectivity index (χ4n) is 2.94. The third-order valence-electron chi connectivity index (χ3n) is 4.13. The third-order valence-corrected chi connectivity index (χ3v) is 4.13. The number of rotatable bonds is 4. The molecular weight excluding hydrogens is 290 g/mol. The molecule has 2 aliphatic rings. The normalized spacial score (nSPS) is 29.6. The standard InChI is InChI=1S/C15H19NO6/c1-20-6-9-4-10(14(18)13(9)17)16-15(19)8-2-3-11-12(5-8)22-7-21-11/h2-3,5,9-10,13-14,17-18H,4,6-7H2,1H3,(H,16,19). The molecular formula is C15H19NO6. The van der Waals surface area contributed by atoms with Gasteiger partial charge in [0.25, 0.3) is 5.91 Å². The maximum absolute atomic E-state index is 12.3. The van der Waals surface area contributed by atoms with Gasteiger partial charge in [0.2, 0.25) is 6.79 Å². The molecule has 4 unspecified atom stereocenters. The summed E-state index contributed by atoms with van der Waals surface area (Å²) in [4.78, 5) is 12.3. The number of fused-ring (bicyclic) bond motifs is 1. The number of aliphatic hydroxyl groups excluding tert-OH is 2. The summed E-state index contributed by atoms with van der Waals surface area (Å²) in [5, 5.41) is 22.7. The molecule has 1 aromatic rings. The zero-order valence-electron chi connectivity index (χ0n) is 12.2. The first-order valence-electron chi connectivity index (χ1n) is 7.15. The van der Waals surface area contributed by atoms with Crippen LogP contribution in [0, 0.1) is 5.92 Å². The summed E-state index contributed by atoms with van der Waals surface area (Å²) in [5.41, 5.74) is 0.418. The van der Waals surface area contributed by atoms with Gasteiger partial charge in [-0.25, -0.2) is 0 Å². The second kappa shape index (κ2) is 6.12. The predicted molar refractivity (Wildman–Crippen MR) is 75.8 cm³/mol. The first-order chi connectivity index (χ1) is 10.6. The van der Waals surface area contributed by atoms with E-state index in [9.17, 15) is 15.0 Å². The fourth-order valence-corrected chi connectivity index (χ4v) is 2.94. The minimum atomic E-state index is -1.00. The Labute approximate surface area is 127 Å². The van der Waals surface area contributed by atoms with Crippen molar-refractivity contribution in [2.45, 2.75) is 24.7 Å². The van der Waals surface area contributed by atoms with E-state index >= 15 is 0 Å². The topological polar surface area (TPSA) is 97.3 Å². The molecule has 0 bridgehead atoms. The average Bonchev–Trinajstić information content (AvgIpc) is 3.08. The van der Waals surface area contributed by atoms with Crippen molar-refractivity contribution < 1.29 is 29.2 Å². The van der Waals surface area contributed by atoms with Crippen LogP contribution in [0.15, 0.2) is 18.2 Å². The van der Waals surface area contributed by atoms with Crippen LogP contribution in [0.25, 0.3) is 0 Å². The van der Waals surface area contributed by atoms with Gasteiger partial charge < -0.3 is 29.7 Å². The number of aliphatic hydroxyl groups is 2. The van der Waals surface area contributed by atoms with Gasteiger partial charge in [0.1, 0.15) is 6.10 Å². The summed E-state index contributed by atoms with van der Waals surface area (Å²) in [6, 6.07) is 4.40. The molecule has 1 amide bonds. The minimum absolute atomic E-state index is 0.145. The lowest BCUT2D eigenvalue weighted by Gasteiger charge is -2.18. The monoisotopic (exact) mass is 309 g/mol. The number of benzene rings is 1. The van der Waals surface area contributed by atoms with Crippen LogP contribution in [0.2, 0.25) is 0 Å². The van der Waals surface area contributed by atoms with Crippen LogP contribution in [0.1, 0.15) is 16.8 Å². The van der Waals surface area contributed by atoms with Crippen molar-refractivity contribution in [1.82, 2.24) is 5.32 Å². The van der Waals surface area contributed by atoms with E-state index in [0.29, 0.717) is 30.1 Å².